The van der Waals surface area contributed by atoms with E-state index < -0.39 is 0 Å². The zero-order valence-corrected chi connectivity index (χ0v) is 9.13. The molecule has 0 radical (unpaired) electrons. The van der Waals surface area contributed by atoms with Crippen molar-refractivity contribution in [3.05, 3.63) is 21.2 Å². The van der Waals surface area contributed by atoms with Gasteiger partial charge in [-0.1, -0.05) is 0 Å². The third-order valence-corrected chi connectivity index (χ3v) is 3.80. The molecule has 0 atom stereocenters. The molecule has 0 spiro atoms. The smallest absolute Gasteiger partial charge is 0.138 e. The molecule has 0 aromatic carbocycles. The predicted molar refractivity (Wildman–Crippen MR) is 59.3 cm³/mol. The summed E-state index contributed by atoms with van der Waals surface area (Å²) in [7, 11) is 0. The zero-order valence-electron chi connectivity index (χ0n) is 7.50. The van der Waals surface area contributed by atoms with Gasteiger partial charge in [-0.3, -0.25) is 0 Å². The Hall–Kier alpha value is -0.870. The molecule has 0 aliphatic heterocycles. The van der Waals surface area contributed by atoms with E-state index in [4.69, 9.17) is 5.73 Å². The fourth-order valence-corrected chi connectivity index (χ4v) is 2.92. The van der Waals surface area contributed by atoms with E-state index in [1.807, 2.05) is 6.92 Å². The number of thiazole rings is 1. The Kier molecular flexibility index (Phi) is 2.09. The van der Waals surface area contributed by atoms with E-state index in [1.54, 1.807) is 22.7 Å². The lowest BCUT2D eigenvalue weighted by atomic mass is 10.2. The molecular formula is C9H10N2S2. The van der Waals surface area contributed by atoms with Crippen molar-refractivity contribution in [3.63, 3.8) is 0 Å². The molecule has 2 heterocycles. The molecule has 0 amide bonds. The Morgan fingerprint density at radius 3 is 2.54 bits per heavy atom. The summed E-state index contributed by atoms with van der Waals surface area (Å²) in [5.74, 6) is 0.658. The third kappa shape index (κ3) is 1.47. The van der Waals surface area contributed by atoms with Crippen LogP contribution in [0.2, 0.25) is 0 Å². The highest BCUT2D eigenvalue weighted by Gasteiger charge is 2.09. The number of aryl methyl sites for hydroxylation is 2. The number of aromatic nitrogens is 1. The van der Waals surface area contributed by atoms with Crippen molar-refractivity contribution in [3.8, 4) is 10.6 Å². The summed E-state index contributed by atoms with van der Waals surface area (Å²) in [5.41, 5.74) is 8.19. The van der Waals surface area contributed by atoms with Crippen LogP contribution < -0.4 is 5.73 Å². The van der Waals surface area contributed by atoms with Gasteiger partial charge in [-0.25, -0.2) is 4.98 Å². The van der Waals surface area contributed by atoms with Crippen molar-refractivity contribution in [2.24, 2.45) is 0 Å². The molecule has 2 N–H and O–H groups in total. The second-order valence-electron chi connectivity index (χ2n) is 2.93. The summed E-state index contributed by atoms with van der Waals surface area (Å²) in [6.07, 6.45) is 0. The quantitative estimate of drug-likeness (QED) is 0.785. The molecular weight excluding hydrogens is 200 g/mol. The summed E-state index contributed by atoms with van der Waals surface area (Å²) in [6.45, 7) is 4.09. The van der Waals surface area contributed by atoms with Gasteiger partial charge < -0.3 is 5.73 Å². The lowest BCUT2D eigenvalue weighted by Crippen LogP contribution is -1.85. The fourth-order valence-electron chi connectivity index (χ4n) is 1.10. The summed E-state index contributed by atoms with van der Waals surface area (Å²) in [6, 6.07) is 0. The van der Waals surface area contributed by atoms with E-state index in [0.717, 1.165) is 9.88 Å². The molecule has 4 heteroatoms. The van der Waals surface area contributed by atoms with Crippen LogP contribution in [-0.4, -0.2) is 4.98 Å². The minimum Gasteiger partial charge on any atom is -0.383 e. The van der Waals surface area contributed by atoms with Gasteiger partial charge in [0.25, 0.3) is 0 Å². The van der Waals surface area contributed by atoms with Crippen LogP contribution in [0.25, 0.3) is 10.6 Å². The minimum atomic E-state index is 0.658. The van der Waals surface area contributed by atoms with Crippen molar-refractivity contribution in [1.29, 1.82) is 0 Å². The highest BCUT2D eigenvalue weighted by Crippen LogP contribution is 2.32. The summed E-state index contributed by atoms with van der Waals surface area (Å²) < 4.78 is 0. The van der Waals surface area contributed by atoms with Crippen LogP contribution in [0.3, 0.4) is 0 Å². The number of nitrogen functional groups attached to an aromatic ring is 1. The van der Waals surface area contributed by atoms with Crippen LogP contribution in [0.4, 0.5) is 5.82 Å². The molecule has 13 heavy (non-hydrogen) atoms. The Labute approximate surface area is 85.1 Å². The van der Waals surface area contributed by atoms with Gasteiger partial charge in [0, 0.05) is 15.8 Å². The van der Waals surface area contributed by atoms with E-state index in [2.05, 4.69) is 22.7 Å². The van der Waals surface area contributed by atoms with Crippen LogP contribution in [0.15, 0.2) is 10.8 Å². The van der Waals surface area contributed by atoms with Crippen molar-refractivity contribution in [2.75, 3.05) is 5.73 Å². The van der Waals surface area contributed by atoms with Crippen molar-refractivity contribution < 1.29 is 0 Å². The SMILES string of the molecule is Cc1cscc1-c1nc(N)c(C)s1. The maximum atomic E-state index is 5.70. The topological polar surface area (TPSA) is 38.9 Å². The van der Waals surface area contributed by atoms with Gasteiger partial charge in [-0.05, 0) is 24.8 Å². The average Bonchev–Trinajstić information content (AvgIpc) is 2.60. The number of hydrogen-bond acceptors (Lipinski definition) is 4. The van der Waals surface area contributed by atoms with Gasteiger partial charge in [0.15, 0.2) is 0 Å². The van der Waals surface area contributed by atoms with Gasteiger partial charge in [-0.15, -0.1) is 11.3 Å². The summed E-state index contributed by atoms with van der Waals surface area (Å²) in [4.78, 5) is 5.41. The normalized spacial score (nSPS) is 10.6. The number of nitrogens with two attached hydrogens (primary N) is 1. The summed E-state index contributed by atoms with van der Waals surface area (Å²) >= 11 is 3.36. The Morgan fingerprint density at radius 1 is 1.31 bits per heavy atom. The van der Waals surface area contributed by atoms with Crippen LogP contribution in [0, 0.1) is 13.8 Å². The standard InChI is InChI=1S/C9H10N2S2/c1-5-3-12-4-7(5)9-11-8(10)6(2)13-9/h3-4H,10H2,1-2H3. The van der Waals surface area contributed by atoms with Gasteiger partial charge >= 0.3 is 0 Å². The van der Waals surface area contributed by atoms with E-state index >= 15 is 0 Å². The third-order valence-electron chi connectivity index (χ3n) is 1.92. The molecule has 0 aliphatic rings. The number of thiophene rings is 1. The van der Waals surface area contributed by atoms with Gasteiger partial charge in [0.2, 0.25) is 0 Å². The molecule has 2 nitrogen and oxygen atoms in total. The zero-order chi connectivity index (χ0) is 9.42. The maximum Gasteiger partial charge on any atom is 0.138 e. The first kappa shape index (κ1) is 8.72. The predicted octanol–water partition coefficient (Wildman–Crippen LogP) is 3.07. The lowest BCUT2D eigenvalue weighted by molar-refractivity contribution is 1.38. The second-order valence-corrected chi connectivity index (χ2v) is 4.88. The van der Waals surface area contributed by atoms with Crippen LogP contribution >= 0.6 is 22.7 Å². The molecule has 0 unspecified atom stereocenters. The Morgan fingerprint density at radius 2 is 2.08 bits per heavy atom. The van der Waals surface area contributed by atoms with E-state index in [-0.39, 0.29) is 0 Å². The second kappa shape index (κ2) is 3.12. The first-order chi connectivity index (χ1) is 6.18. The molecule has 0 aliphatic carbocycles. The number of hydrogen-bond donors (Lipinski definition) is 1. The molecule has 2 rings (SSSR count). The van der Waals surface area contributed by atoms with Gasteiger partial charge in [0.05, 0.1) is 0 Å². The fraction of sp³-hybridized carbons (Fsp3) is 0.222. The first-order valence-electron chi connectivity index (χ1n) is 3.94. The maximum absolute atomic E-state index is 5.70. The molecule has 2 aromatic heterocycles. The highest BCUT2D eigenvalue weighted by molar-refractivity contribution is 7.16. The Balaban J connectivity index is 2.53. The minimum absolute atomic E-state index is 0.658. The largest absolute Gasteiger partial charge is 0.383 e. The van der Waals surface area contributed by atoms with Crippen LogP contribution in [0.5, 0.6) is 0 Å². The van der Waals surface area contributed by atoms with E-state index in [1.165, 1.54) is 11.1 Å². The van der Waals surface area contributed by atoms with E-state index in [9.17, 15) is 0 Å². The van der Waals surface area contributed by atoms with Crippen molar-refractivity contribution >= 4 is 28.5 Å². The van der Waals surface area contributed by atoms with Crippen LogP contribution in [-0.2, 0) is 0 Å². The van der Waals surface area contributed by atoms with E-state index in [0.29, 0.717) is 5.82 Å². The molecule has 0 saturated carbocycles. The molecule has 68 valence electrons. The van der Waals surface area contributed by atoms with Crippen LogP contribution in [0.1, 0.15) is 10.4 Å². The summed E-state index contributed by atoms with van der Waals surface area (Å²) in [5, 5.41) is 5.28. The van der Waals surface area contributed by atoms with Crippen molar-refractivity contribution in [1.82, 2.24) is 4.98 Å². The lowest BCUT2D eigenvalue weighted by Gasteiger charge is -1.91. The van der Waals surface area contributed by atoms with Gasteiger partial charge in [-0.2, -0.15) is 11.3 Å². The molecule has 0 fully saturated rings. The first-order valence-corrected chi connectivity index (χ1v) is 5.70. The molecule has 0 saturated heterocycles. The molecule has 2 aromatic rings. The molecule has 0 bridgehead atoms. The average molecular weight is 210 g/mol. The highest BCUT2D eigenvalue weighted by atomic mass is 32.1. The van der Waals surface area contributed by atoms with Gasteiger partial charge in [0.1, 0.15) is 10.8 Å². The monoisotopic (exact) mass is 210 g/mol. The number of nitrogens with zero attached hydrogens (tertiary/aromatic N) is 1. The number of rotatable bonds is 1. The van der Waals surface area contributed by atoms with Crippen molar-refractivity contribution in [2.45, 2.75) is 13.8 Å². The Bertz CT molecular complexity index is 409. The number of anilines is 1.